The molecule has 1 aliphatic carbocycles. The van der Waals surface area contributed by atoms with Crippen molar-refractivity contribution in [2.75, 3.05) is 7.11 Å². The molecule has 2 atom stereocenters. The van der Waals surface area contributed by atoms with Gasteiger partial charge in [-0.05, 0) is 30.8 Å². The van der Waals surface area contributed by atoms with Crippen LogP contribution in [0, 0.1) is 11.8 Å². The Labute approximate surface area is 82.2 Å². The lowest BCUT2D eigenvalue weighted by Gasteiger charge is -1.96. The van der Waals surface area contributed by atoms with E-state index in [1.807, 2.05) is 0 Å². The summed E-state index contributed by atoms with van der Waals surface area (Å²) in [6.07, 6.45) is 12.3. The maximum atomic E-state index is 4.87. The Hall–Kier alpha value is -0.460. The SMILES string of the molecule is CCCCC[C@@H]1C[C@H]1C/C=C/OC. The molecular weight excluding hydrogens is 160 g/mol. The van der Waals surface area contributed by atoms with Gasteiger partial charge in [0.05, 0.1) is 13.4 Å². The van der Waals surface area contributed by atoms with Gasteiger partial charge in [0.15, 0.2) is 0 Å². The van der Waals surface area contributed by atoms with Crippen LogP contribution in [-0.4, -0.2) is 7.11 Å². The predicted octanol–water partition coefficient (Wildman–Crippen LogP) is 3.75. The minimum absolute atomic E-state index is 0.975. The average Bonchev–Trinajstić information content (AvgIpc) is 2.85. The van der Waals surface area contributed by atoms with Crippen molar-refractivity contribution in [3.8, 4) is 0 Å². The zero-order valence-corrected chi connectivity index (χ0v) is 8.96. The molecule has 0 radical (unpaired) electrons. The van der Waals surface area contributed by atoms with E-state index in [1.165, 1.54) is 38.5 Å². The molecule has 0 N–H and O–H groups in total. The summed E-state index contributed by atoms with van der Waals surface area (Å²) in [5.74, 6) is 2.01. The van der Waals surface area contributed by atoms with Crippen LogP contribution in [-0.2, 0) is 4.74 Å². The first-order valence-corrected chi connectivity index (χ1v) is 5.56. The third kappa shape index (κ3) is 4.35. The molecule has 0 aromatic rings. The van der Waals surface area contributed by atoms with Gasteiger partial charge in [0, 0.05) is 0 Å². The summed E-state index contributed by atoms with van der Waals surface area (Å²) in [5.41, 5.74) is 0. The largest absolute Gasteiger partial charge is 0.505 e. The van der Waals surface area contributed by atoms with Gasteiger partial charge in [-0.2, -0.15) is 0 Å². The van der Waals surface area contributed by atoms with Crippen molar-refractivity contribution in [3.63, 3.8) is 0 Å². The van der Waals surface area contributed by atoms with Gasteiger partial charge in [-0.15, -0.1) is 0 Å². The number of ether oxygens (including phenoxy) is 1. The van der Waals surface area contributed by atoms with Gasteiger partial charge in [0.25, 0.3) is 0 Å². The zero-order valence-electron chi connectivity index (χ0n) is 8.96. The molecule has 0 spiro atoms. The summed E-state index contributed by atoms with van der Waals surface area (Å²) in [7, 11) is 1.71. The number of hydrogen-bond donors (Lipinski definition) is 0. The molecule has 13 heavy (non-hydrogen) atoms. The monoisotopic (exact) mass is 182 g/mol. The highest BCUT2D eigenvalue weighted by Gasteiger charge is 2.34. The summed E-state index contributed by atoms with van der Waals surface area (Å²) in [4.78, 5) is 0. The highest BCUT2D eigenvalue weighted by molar-refractivity contribution is 4.91. The Morgan fingerprint density at radius 2 is 2.15 bits per heavy atom. The number of allylic oxidation sites excluding steroid dienone is 1. The first-order chi connectivity index (χ1) is 6.38. The van der Waals surface area contributed by atoms with Gasteiger partial charge in [0.2, 0.25) is 0 Å². The van der Waals surface area contributed by atoms with Crippen molar-refractivity contribution >= 4 is 0 Å². The fraction of sp³-hybridized carbons (Fsp3) is 0.833. The number of rotatable bonds is 7. The maximum Gasteiger partial charge on any atom is 0.0784 e. The standard InChI is InChI=1S/C12H22O/c1-3-4-5-7-11-10-12(11)8-6-9-13-2/h6,9,11-12H,3-5,7-8,10H2,1-2H3/b9-6+/t11-,12-/m1/s1. The number of hydrogen-bond acceptors (Lipinski definition) is 1. The molecule has 1 nitrogen and oxygen atoms in total. The van der Waals surface area contributed by atoms with Crippen molar-refractivity contribution in [2.24, 2.45) is 11.8 Å². The molecule has 0 aromatic heterocycles. The van der Waals surface area contributed by atoms with Gasteiger partial charge in [-0.3, -0.25) is 0 Å². The van der Waals surface area contributed by atoms with Crippen molar-refractivity contribution in [3.05, 3.63) is 12.3 Å². The quantitative estimate of drug-likeness (QED) is 0.430. The van der Waals surface area contributed by atoms with E-state index in [1.54, 1.807) is 13.4 Å². The lowest BCUT2D eigenvalue weighted by molar-refractivity contribution is 0.336. The Kier molecular flexibility index (Phi) is 4.95. The van der Waals surface area contributed by atoms with Crippen LogP contribution in [0.1, 0.15) is 45.4 Å². The van der Waals surface area contributed by atoms with Crippen LogP contribution in [0.4, 0.5) is 0 Å². The van der Waals surface area contributed by atoms with Crippen molar-refractivity contribution in [2.45, 2.75) is 45.4 Å². The lowest BCUT2D eigenvalue weighted by Crippen LogP contribution is -1.82. The van der Waals surface area contributed by atoms with E-state index in [0.29, 0.717) is 0 Å². The second-order valence-electron chi connectivity index (χ2n) is 4.09. The van der Waals surface area contributed by atoms with E-state index in [9.17, 15) is 0 Å². The van der Waals surface area contributed by atoms with Crippen LogP contribution in [0.15, 0.2) is 12.3 Å². The van der Waals surface area contributed by atoms with E-state index >= 15 is 0 Å². The van der Waals surface area contributed by atoms with Gasteiger partial charge in [-0.25, -0.2) is 0 Å². The normalized spacial score (nSPS) is 26.6. The average molecular weight is 182 g/mol. The van der Waals surface area contributed by atoms with E-state index in [-0.39, 0.29) is 0 Å². The molecule has 0 aromatic carbocycles. The highest BCUT2D eigenvalue weighted by Crippen LogP contribution is 2.44. The third-order valence-corrected chi connectivity index (χ3v) is 2.92. The molecule has 0 unspecified atom stereocenters. The predicted molar refractivity (Wildman–Crippen MR) is 56.5 cm³/mol. The molecule has 1 fully saturated rings. The smallest absolute Gasteiger partial charge is 0.0784 e. The van der Waals surface area contributed by atoms with Gasteiger partial charge in [0.1, 0.15) is 0 Å². The van der Waals surface area contributed by atoms with Crippen LogP contribution in [0.3, 0.4) is 0 Å². The fourth-order valence-electron chi connectivity index (χ4n) is 1.94. The first-order valence-electron chi connectivity index (χ1n) is 5.56. The van der Waals surface area contributed by atoms with Crippen LogP contribution in [0.5, 0.6) is 0 Å². The van der Waals surface area contributed by atoms with Crippen LogP contribution >= 0.6 is 0 Å². The molecule has 0 aliphatic heterocycles. The molecule has 76 valence electrons. The van der Waals surface area contributed by atoms with Crippen LogP contribution in [0.25, 0.3) is 0 Å². The Morgan fingerprint density at radius 3 is 2.85 bits per heavy atom. The minimum Gasteiger partial charge on any atom is -0.505 e. The fourth-order valence-corrected chi connectivity index (χ4v) is 1.94. The summed E-state index contributed by atoms with van der Waals surface area (Å²) in [6.45, 7) is 2.27. The van der Waals surface area contributed by atoms with Crippen LogP contribution in [0.2, 0.25) is 0 Å². The number of methoxy groups -OCH3 is 1. The molecule has 1 aliphatic rings. The summed E-state index contributed by atoms with van der Waals surface area (Å²) >= 11 is 0. The van der Waals surface area contributed by atoms with Gasteiger partial charge >= 0.3 is 0 Å². The Bertz CT molecular complexity index is 151. The van der Waals surface area contributed by atoms with Crippen molar-refractivity contribution in [1.29, 1.82) is 0 Å². The minimum atomic E-state index is 0.975. The van der Waals surface area contributed by atoms with Gasteiger partial charge < -0.3 is 4.74 Å². The second-order valence-corrected chi connectivity index (χ2v) is 4.09. The van der Waals surface area contributed by atoms with E-state index in [2.05, 4.69) is 13.0 Å². The zero-order chi connectivity index (χ0) is 9.52. The topological polar surface area (TPSA) is 9.23 Å². The van der Waals surface area contributed by atoms with E-state index < -0.39 is 0 Å². The molecule has 0 amide bonds. The number of unbranched alkanes of at least 4 members (excludes halogenated alkanes) is 2. The van der Waals surface area contributed by atoms with Crippen molar-refractivity contribution < 1.29 is 4.74 Å². The third-order valence-electron chi connectivity index (χ3n) is 2.92. The second kappa shape index (κ2) is 6.06. The Morgan fingerprint density at radius 1 is 1.31 bits per heavy atom. The molecule has 0 heterocycles. The van der Waals surface area contributed by atoms with Crippen molar-refractivity contribution in [1.82, 2.24) is 0 Å². The van der Waals surface area contributed by atoms with E-state index in [0.717, 1.165) is 11.8 Å². The maximum absolute atomic E-state index is 4.87. The summed E-state index contributed by atoms with van der Waals surface area (Å²) in [5, 5.41) is 0. The van der Waals surface area contributed by atoms with Gasteiger partial charge in [-0.1, -0.05) is 32.6 Å². The molecule has 1 heteroatoms. The Balaban J connectivity index is 1.93. The molecule has 0 saturated heterocycles. The highest BCUT2D eigenvalue weighted by atomic mass is 16.5. The molecule has 1 rings (SSSR count). The first kappa shape index (κ1) is 10.6. The van der Waals surface area contributed by atoms with Crippen LogP contribution < -0.4 is 0 Å². The lowest BCUT2D eigenvalue weighted by atomic mass is 10.1. The molecule has 1 saturated carbocycles. The molecule has 0 bridgehead atoms. The summed E-state index contributed by atoms with van der Waals surface area (Å²) in [6, 6.07) is 0. The summed E-state index contributed by atoms with van der Waals surface area (Å²) < 4.78 is 4.87. The molecular formula is C12H22O. The van der Waals surface area contributed by atoms with E-state index in [4.69, 9.17) is 4.74 Å².